The zero-order valence-corrected chi connectivity index (χ0v) is 12.8. The topological polar surface area (TPSA) is 37.4 Å². The number of nitrogens with one attached hydrogen (secondary N) is 1. The van der Waals surface area contributed by atoms with Crippen molar-refractivity contribution in [3.8, 4) is 5.75 Å². The maximum absolute atomic E-state index is 5.52. The van der Waals surface area contributed by atoms with Crippen LogP contribution in [-0.2, 0) is 6.54 Å². The smallest absolute Gasteiger partial charge is 0.128 e. The van der Waals surface area contributed by atoms with Crippen LogP contribution in [0.5, 0.6) is 5.75 Å². The molecule has 0 spiro atoms. The monoisotopic (exact) mass is 275 g/mol. The lowest BCUT2D eigenvalue weighted by Crippen LogP contribution is -2.44. The Morgan fingerprint density at radius 3 is 3.05 bits per heavy atom. The van der Waals surface area contributed by atoms with Gasteiger partial charge in [-0.25, -0.2) is 0 Å². The Kier molecular flexibility index (Phi) is 3.94. The number of aromatic nitrogens is 1. The number of hydrogen-bond acceptors (Lipinski definition) is 4. The van der Waals surface area contributed by atoms with Crippen LogP contribution in [0, 0.1) is 19.8 Å². The number of nitrogens with zero attached hydrogens (tertiary/aromatic N) is 2. The maximum atomic E-state index is 5.52. The van der Waals surface area contributed by atoms with E-state index in [1.54, 1.807) is 7.11 Å². The minimum absolute atomic E-state index is 0.692. The van der Waals surface area contributed by atoms with E-state index in [1.165, 1.54) is 37.2 Å². The fourth-order valence-corrected chi connectivity index (χ4v) is 3.78. The first kappa shape index (κ1) is 13.8. The Morgan fingerprint density at radius 2 is 2.25 bits per heavy atom. The number of aryl methyl sites for hydroxylation is 1. The number of pyridine rings is 1. The van der Waals surface area contributed by atoms with E-state index in [0.717, 1.165) is 30.3 Å². The number of rotatable bonds is 3. The quantitative estimate of drug-likeness (QED) is 0.914. The Morgan fingerprint density at radius 1 is 1.40 bits per heavy atom. The molecule has 2 saturated heterocycles. The molecule has 2 aliphatic rings. The van der Waals surface area contributed by atoms with Crippen molar-refractivity contribution < 1.29 is 4.74 Å². The van der Waals surface area contributed by atoms with Crippen molar-refractivity contribution in [2.24, 2.45) is 5.92 Å². The molecule has 4 nitrogen and oxygen atoms in total. The second kappa shape index (κ2) is 5.70. The van der Waals surface area contributed by atoms with Crippen molar-refractivity contribution in [3.05, 3.63) is 23.0 Å². The number of ether oxygens (including phenoxy) is 1. The molecule has 2 aliphatic heterocycles. The Labute approximate surface area is 121 Å². The predicted molar refractivity (Wildman–Crippen MR) is 80.1 cm³/mol. The summed E-state index contributed by atoms with van der Waals surface area (Å²) >= 11 is 0. The molecule has 0 bridgehead atoms. The van der Waals surface area contributed by atoms with Gasteiger partial charge in [-0.3, -0.25) is 9.88 Å². The molecule has 2 unspecified atom stereocenters. The van der Waals surface area contributed by atoms with Gasteiger partial charge in [-0.2, -0.15) is 0 Å². The lowest BCUT2D eigenvalue weighted by Gasteiger charge is -2.37. The van der Waals surface area contributed by atoms with Crippen LogP contribution in [0.15, 0.2) is 6.20 Å². The van der Waals surface area contributed by atoms with E-state index < -0.39 is 0 Å². The molecule has 0 amide bonds. The van der Waals surface area contributed by atoms with E-state index in [1.807, 2.05) is 6.20 Å². The van der Waals surface area contributed by atoms with Crippen molar-refractivity contribution in [2.75, 3.05) is 26.7 Å². The molecule has 1 aromatic heterocycles. The van der Waals surface area contributed by atoms with Crippen molar-refractivity contribution in [3.63, 3.8) is 0 Å². The lowest BCUT2D eigenvalue weighted by atomic mass is 9.92. The summed E-state index contributed by atoms with van der Waals surface area (Å²) in [6.07, 6.45) is 4.62. The first-order chi connectivity index (χ1) is 9.70. The number of likely N-dealkylation sites (tertiary alicyclic amines) is 1. The third kappa shape index (κ3) is 2.42. The predicted octanol–water partition coefficient (Wildman–Crippen LogP) is 1.89. The molecule has 2 atom stereocenters. The van der Waals surface area contributed by atoms with Crippen LogP contribution in [-0.4, -0.2) is 42.7 Å². The van der Waals surface area contributed by atoms with Crippen LogP contribution in [0.25, 0.3) is 0 Å². The van der Waals surface area contributed by atoms with E-state index in [9.17, 15) is 0 Å². The van der Waals surface area contributed by atoms with Crippen molar-refractivity contribution in [1.29, 1.82) is 0 Å². The molecule has 0 aliphatic carbocycles. The lowest BCUT2D eigenvalue weighted by molar-refractivity contribution is 0.116. The molecule has 0 saturated carbocycles. The molecule has 20 heavy (non-hydrogen) atoms. The van der Waals surface area contributed by atoms with E-state index >= 15 is 0 Å². The molecule has 3 rings (SSSR count). The van der Waals surface area contributed by atoms with Crippen LogP contribution >= 0.6 is 0 Å². The van der Waals surface area contributed by atoms with Gasteiger partial charge in [0.15, 0.2) is 0 Å². The number of hydrogen-bond donors (Lipinski definition) is 1. The summed E-state index contributed by atoms with van der Waals surface area (Å²) in [5, 5.41) is 3.54. The Bertz CT molecular complexity index is 489. The summed E-state index contributed by atoms with van der Waals surface area (Å²) < 4.78 is 5.52. The van der Waals surface area contributed by atoms with Gasteiger partial charge in [0.1, 0.15) is 5.75 Å². The highest BCUT2D eigenvalue weighted by Gasteiger charge is 2.35. The Balaban J connectivity index is 1.80. The fraction of sp³-hybridized carbons (Fsp3) is 0.688. The van der Waals surface area contributed by atoms with Crippen molar-refractivity contribution in [2.45, 2.75) is 39.3 Å². The third-order valence-corrected chi connectivity index (χ3v) is 4.90. The molecule has 1 aromatic rings. The van der Waals surface area contributed by atoms with Gasteiger partial charge in [0.25, 0.3) is 0 Å². The first-order valence-corrected chi connectivity index (χ1v) is 7.64. The van der Waals surface area contributed by atoms with Gasteiger partial charge in [-0.05, 0) is 45.7 Å². The summed E-state index contributed by atoms with van der Waals surface area (Å²) in [6, 6.07) is 0.692. The fourth-order valence-electron chi connectivity index (χ4n) is 3.78. The van der Waals surface area contributed by atoms with Gasteiger partial charge >= 0.3 is 0 Å². The average Bonchev–Trinajstić information content (AvgIpc) is 2.92. The molecule has 2 fully saturated rings. The molecule has 110 valence electrons. The van der Waals surface area contributed by atoms with Crippen LogP contribution in [0.2, 0.25) is 0 Å². The molecule has 3 heterocycles. The minimum atomic E-state index is 0.692. The standard InChI is InChI=1S/C16H25N3O/c1-11-7-18-14(12(2)16(11)20-3)10-19-6-4-5-13-8-17-9-15(13)19/h7,13,15,17H,4-6,8-10H2,1-3H3. The molecule has 0 radical (unpaired) electrons. The van der Waals surface area contributed by atoms with Gasteiger partial charge in [-0.15, -0.1) is 0 Å². The minimum Gasteiger partial charge on any atom is -0.496 e. The number of methoxy groups -OCH3 is 1. The summed E-state index contributed by atoms with van der Waals surface area (Å²) in [6.45, 7) is 8.64. The highest BCUT2D eigenvalue weighted by Crippen LogP contribution is 2.30. The zero-order chi connectivity index (χ0) is 14.1. The highest BCUT2D eigenvalue weighted by atomic mass is 16.5. The average molecular weight is 275 g/mol. The number of piperidine rings is 1. The molecule has 4 heteroatoms. The molecular formula is C16H25N3O. The van der Waals surface area contributed by atoms with Crippen LogP contribution in [0.3, 0.4) is 0 Å². The van der Waals surface area contributed by atoms with E-state index in [-0.39, 0.29) is 0 Å². The Hall–Kier alpha value is -1.13. The van der Waals surface area contributed by atoms with Crippen LogP contribution < -0.4 is 10.1 Å². The normalized spacial score (nSPS) is 26.6. The van der Waals surface area contributed by atoms with Gasteiger partial charge in [-0.1, -0.05) is 0 Å². The van der Waals surface area contributed by atoms with Gasteiger partial charge in [0, 0.05) is 36.5 Å². The highest BCUT2D eigenvalue weighted by molar-refractivity contribution is 5.41. The second-order valence-electron chi connectivity index (χ2n) is 6.14. The summed E-state index contributed by atoms with van der Waals surface area (Å²) in [5.41, 5.74) is 3.48. The van der Waals surface area contributed by atoms with Gasteiger partial charge in [0.2, 0.25) is 0 Å². The van der Waals surface area contributed by atoms with Crippen LogP contribution in [0.1, 0.15) is 29.7 Å². The van der Waals surface area contributed by atoms with Crippen LogP contribution in [0.4, 0.5) is 0 Å². The third-order valence-electron chi connectivity index (χ3n) is 4.90. The summed E-state index contributed by atoms with van der Waals surface area (Å²) in [7, 11) is 1.75. The second-order valence-corrected chi connectivity index (χ2v) is 6.14. The largest absolute Gasteiger partial charge is 0.496 e. The zero-order valence-electron chi connectivity index (χ0n) is 12.8. The van der Waals surface area contributed by atoms with Gasteiger partial charge < -0.3 is 10.1 Å². The number of fused-ring (bicyclic) bond motifs is 1. The SMILES string of the molecule is COc1c(C)cnc(CN2CCCC3CNCC32)c1C. The van der Waals surface area contributed by atoms with Gasteiger partial charge in [0.05, 0.1) is 12.8 Å². The van der Waals surface area contributed by atoms with E-state index in [4.69, 9.17) is 4.74 Å². The van der Waals surface area contributed by atoms with E-state index in [2.05, 4.69) is 29.0 Å². The summed E-state index contributed by atoms with van der Waals surface area (Å²) in [4.78, 5) is 7.26. The maximum Gasteiger partial charge on any atom is 0.128 e. The first-order valence-electron chi connectivity index (χ1n) is 7.64. The molecule has 1 N–H and O–H groups in total. The van der Waals surface area contributed by atoms with Crippen molar-refractivity contribution in [1.82, 2.24) is 15.2 Å². The van der Waals surface area contributed by atoms with Crippen molar-refractivity contribution >= 4 is 0 Å². The molecular weight excluding hydrogens is 250 g/mol. The molecule has 0 aromatic carbocycles. The van der Waals surface area contributed by atoms with E-state index in [0.29, 0.717) is 6.04 Å². The summed E-state index contributed by atoms with van der Waals surface area (Å²) in [5.74, 6) is 1.82.